The Labute approximate surface area is 303 Å². The molecule has 0 radical (unpaired) electrons. The first kappa shape index (κ1) is 33.2. The number of carbonyl (C=O) groups excluding carboxylic acids is 3. The molecule has 4 aliphatic rings. The number of cyclic esters (lactones) is 1. The van der Waals surface area contributed by atoms with Gasteiger partial charge in [0.05, 0.1) is 18.0 Å². The van der Waals surface area contributed by atoms with Gasteiger partial charge in [-0.25, -0.2) is 0 Å². The zero-order chi connectivity index (χ0) is 35.8. The summed E-state index contributed by atoms with van der Waals surface area (Å²) in [5, 5.41) is 16.5. The Morgan fingerprint density at radius 2 is 1.65 bits per heavy atom. The van der Waals surface area contributed by atoms with Crippen LogP contribution in [0.2, 0.25) is 0 Å². The van der Waals surface area contributed by atoms with E-state index in [0.29, 0.717) is 22.4 Å². The minimum Gasteiger partial charge on any atom is -0.508 e. The number of allylic oxidation sites excluding steroid dienone is 2. The maximum absolute atomic E-state index is 15.1. The molecule has 1 spiro atoms. The highest BCUT2D eigenvalue weighted by molar-refractivity contribution is 6.12. The van der Waals surface area contributed by atoms with Gasteiger partial charge in [-0.15, -0.1) is 6.58 Å². The van der Waals surface area contributed by atoms with E-state index in [1.54, 1.807) is 30.3 Å². The maximum atomic E-state index is 15.1. The molecule has 52 heavy (non-hydrogen) atoms. The number of amides is 2. The minimum atomic E-state index is -1.61. The Hall–Kier alpha value is -5.91. The molecule has 260 valence electrons. The SMILES string of the molecule is C=CCNC(=O)[C@H]1[C@@H]2C(=O)O[C@@H](c3ccccc3)[C@@H](c3ccccc3)N2[C@@H](c2ccc(O)cc2)[C@]12C(=O)Nc1ccc(C#CC3=CCCCC3)cc12. The lowest BCUT2D eigenvalue weighted by Gasteiger charge is -2.46. The largest absolute Gasteiger partial charge is 0.508 e. The number of ether oxygens (including phenoxy) is 1. The summed E-state index contributed by atoms with van der Waals surface area (Å²) in [5.74, 6) is 4.05. The molecule has 3 aliphatic heterocycles. The number of phenols is 1. The van der Waals surface area contributed by atoms with Crippen molar-refractivity contribution < 1.29 is 24.2 Å². The van der Waals surface area contributed by atoms with Crippen LogP contribution in [0.5, 0.6) is 5.75 Å². The number of hydrogen-bond acceptors (Lipinski definition) is 6. The van der Waals surface area contributed by atoms with Crippen LogP contribution in [0, 0.1) is 17.8 Å². The summed E-state index contributed by atoms with van der Waals surface area (Å²) in [4.78, 5) is 46.5. The van der Waals surface area contributed by atoms with Crippen LogP contribution in [0.15, 0.2) is 127 Å². The lowest BCUT2D eigenvalue weighted by atomic mass is 9.65. The molecule has 8 heteroatoms. The first-order chi connectivity index (χ1) is 25.4. The van der Waals surface area contributed by atoms with Crippen molar-refractivity contribution in [2.24, 2.45) is 5.92 Å². The van der Waals surface area contributed by atoms with Crippen molar-refractivity contribution in [2.45, 2.75) is 55.3 Å². The predicted octanol–water partition coefficient (Wildman–Crippen LogP) is 6.82. The van der Waals surface area contributed by atoms with E-state index in [4.69, 9.17) is 4.74 Å². The molecule has 2 fully saturated rings. The van der Waals surface area contributed by atoms with Gasteiger partial charge in [-0.1, -0.05) is 96.8 Å². The molecule has 1 aliphatic carbocycles. The fourth-order valence-electron chi connectivity index (χ4n) is 8.71. The highest BCUT2D eigenvalue weighted by Crippen LogP contribution is 2.64. The third-order valence-electron chi connectivity index (χ3n) is 10.9. The number of aromatic hydroxyl groups is 1. The van der Waals surface area contributed by atoms with Crippen LogP contribution in [-0.4, -0.2) is 40.4 Å². The molecule has 0 saturated carbocycles. The lowest BCUT2D eigenvalue weighted by molar-refractivity contribution is -0.178. The molecular formula is C44H39N3O5. The van der Waals surface area contributed by atoms with Crippen molar-refractivity contribution in [3.63, 3.8) is 0 Å². The summed E-state index contributed by atoms with van der Waals surface area (Å²) in [6.45, 7) is 3.93. The van der Waals surface area contributed by atoms with Crippen molar-refractivity contribution in [2.75, 3.05) is 11.9 Å². The van der Waals surface area contributed by atoms with Crippen LogP contribution >= 0.6 is 0 Å². The van der Waals surface area contributed by atoms with Crippen molar-refractivity contribution in [3.8, 4) is 17.6 Å². The lowest BCUT2D eigenvalue weighted by Crippen LogP contribution is -2.54. The van der Waals surface area contributed by atoms with Gasteiger partial charge >= 0.3 is 5.97 Å². The number of nitrogens with one attached hydrogen (secondary N) is 2. The van der Waals surface area contributed by atoms with E-state index in [0.717, 1.165) is 42.4 Å². The number of rotatable bonds is 6. The van der Waals surface area contributed by atoms with Gasteiger partial charge in [0.15, 0.2) is 0 Å². The number of phenolic OH excluding ortho intramolecular Hbond substituents is 1. The summed E-state index contributed by atoms with van der Waals surface area (Å²) in [7, 11) is 0. The molecular weight excluding hydrogens is 650 g/mol. The number of fused-ring (bicyclic) bond motifs is 3. The average molecular weight is 690 g/mol. The van der Waals surface area contributed by atoms with Crippen LogP contribution in [0.4, 0.5) is 5.69 Å². The zero-order valence-corrected chi connectivity index (χ0v) is 28.6. The van der Waals surface area contributed by atoms with Gasteiger partial charge in [-0.3, -0.25) is 19.3 Å². The van der Waals surface area contributed by atoms with E-state index in [1.165, 1.54) is 0 Å². The zero-order valence-electron chi connectivity index (χ0n) is 28.6. The third-order valence-corrected chi connectivity index (χ3v) is 10.9. The van der Waals surface area contributed by atoms with Crippen molar-refractivity contribution in [3.05, 3.63) is 155 Å². The Kier molecular flexibility index (Phi) is 8.74. The van der Waals surface area contributed by atoms with E-state index >= 15 is 4.79 Å². The number of carbonyl (C=O) groups is 3. The summed E-state index contributed by atoms with van der Waals surface area (Å²) in [6.07, 6.45) is 7.19. The Balaban J connectivity index is 1.41. The van der Waals surface area contributed by atoms with Crippen molar-refractivity contribution >= 4 is 23.5 Å². The second-order valence-corrected chi connectivity index (χ2v) is 13.8. The first-order valence-corrected chi connectivity index (χ1v) is 17.8. The monoisotopic (exact) mass is 689 g/mol. The third kappa shape index (κ3) is 5.49. The van der Waals surface area contributed by atoms with Gasteiger partial charge in [0.1, 0.15) is 23.3 Å². The normalized spacial score (nSPS) is 26.2. The second kappa shape index (κ2) is 13.7. The molecule has 0 unspecified atom stereocenters. The maximum Gasteiger partial charge on any atom is 0.324 e. The summed E-state index contributed by atoms with van der Waals surface area (Å²) < 4.78 is 6.42. The van der Waals surface area contributed by atoms with Gasteiger partial charge in [-0.2, -0.15) is 0 Å². The molecule has 8 nitrogen and oxygen atoms in total. The van der Waals surface area contributed by atoms with Crippen LogP contribution < -0.4 is 10.6 Å². The summed E-state index contributed by atoms with van der Waals surface area (Å²) >= 11 is 0. The molecule has 2 amide bonds. The number of hydrogen-bond donors (Lipinski definition) is 3. The smallest absolute Gasteiger partial charge is 0.324 e. The second-order valence-electron chi connectivity index (χ2n) is 13.8. The van der Waals surface area contributed by atoms with Gasteiger partial charge in [0, 0.05) is 17.8 Å². The van der Waals surface area contributed by atoms with Gasteiger partial charge < -0.3 is 20.5 Å². The minimum absolute atomic E-state index is 0.0540. The van der Waals surface area contributed by atoms with E-state index in [9.17, 15) is 14.7 Å². The Morgan fingerprint density at radius 1 is 0.923 bits per heavy atom. The standard InChI is InChI=1S/C44H39N3O5/c1-2-26-45-41(49)36-38-42(50)52-39(31-16-10-5-11-17-31)37(30-14-8-4-9-15-30)47(38)40(32-21-23-33(48)24-22-32)44(36)34-27-29(20-25-35(34)46-43(44)51)19-18-28-12-6-3-7-13-28/h2,4-5,8-12,14-17,20-25,27,36-40,48H,1,3,6-7,13,26H2,(H,45,49)(H,46,51)/t36-,37-,38-,39+,40+,44-/m1/s1. The van der Waals surface area contributed by atoms with Crippen LogP contribution in [0.1, 0.15) is 71.7 Å². The topological polar surface area (TPSA) is 108 Å². The number of nitrogens with zero attached hydrogens (tertiary/aromatic N) is 1. The molecule has 0 bridgehead atoms. The molecule has 4 aromatic carbocycles. The first-order valence-electron chi connectivity index (χ1n) is 17.8. The Bertz CT molecular complexity index is 2140. The number of morpholine rings is 1. The fourth-order valence-corrected chi connectivity index (χ4v) is 8.71. The van der Waals surface area contributed by atoms with Crippen molar-refractivity contribution in [1.82, 2.24) is 10.2 Å². The quantitative estimate of drug-likeness (QED) is 0.117. The fraction of sp³-hybridized carbons (Fsp3) is 0.250. The molecule has 4 aromatic rings. The number of esters is 1. The molecule has 6 atom stereocenters. The van der Waals surface area contributed by atoms with E-state index in [2.05, 4.69) is 35.1 Å². The van der Waals surface area contributed by atoms with Crippen LogP contribution in [0.3, 0.4) is 0 Å². The van der Waals surface area contributed by atoms with Gasteiger partial charge in [0.25, 0.3) is 0 Å². The molecule has 3 heterocycles. The molecule has 2 saturated heterocycles. The molecule has 3 N–H and O–H groups in total. The highest BCUT2D eigenvalue weighted by Gasteiger charge is 2.74. The molecule has 8 rings (SSSR count). The van der Waals surface area contributed by atoms with E-state index < -0.39 is 53.3 Å². The Morgan fingerprint density at radius 3 is 2.35 bits per heavy atom. The summed E-state index contributed by atoms with van der Waals surface area (Å²) in [5.41, 5.74) is 3.64. The van der Waals surface area contributed by atoms with E-state index in [1.807, 2.05) is 83.8 Å². The van der Waals surface area contributed by atoms with Gasteiger partial charge in [-0.05, 0) is 83.8 Å². The van der Waals surface area contributed by atoms with Crippen LogP contribution in [0.25, 0.3) is 0 Å². The van der Waals surface area contributed by atoms with Crippen molar-refractivity contribution in [1.29, 1.82) is 0 Å². The predicted molar refractivity (Wildman–Crippen MR) is 198 cm³/mol. The van der Waals surface area contributed by atoms with E-state index in [-0.39, 0.29) is 12.3 Å². The van der Waals surface area contributed by atoms with Crippen LogP contribution in [-0.2, 0) is 24.5 Å². The number of anilines is 1. The van der Waals surface area contributed by atoms with Gasteiger partial charge in [0.2, 0.25) is 11.8 Å². The average Bonchev–Trinajstić information content (AvgIpc) is 3.66. The molecule has 0 aromatic heterocycles. The number of benzene rings is 4. The summed E-state index contributed by atoms with van der Waals surface area (Å²) in [6, 6.07) is 29.0. The highest BCUT2D eigenvalue weighted by atomic mass is 16.6.